The summed E-state index contributed by atoms with van der Waals surface area (Å²) >= 11 is 1.71. The Morgan fingerprint density at radius 3 is 2.35 bits per heavy atom. The van der Waals surface area contributed by atoms with Gasteiger partial charge in [0.25, 0.3) is 5.91 Å². The molecule has 0 aliphatic carbocycles. The predicted molar refractivity (Wildman–Crippen MR) is 122 cm³/mol. The summed E-state index contributed by atoms with van der Waals surface area (Å²) < 4.78 is 25.0. The lowest BCUT2D eigenvalue weighted by molar-refractivity contribution is -0.116. The van der Waals surface area contributed by atoms with Crippen molar-refractivity contribution >= 4 is 38.9 Å². The van der Waals surface area contributed by atoms with Crippen molar-refractivity contribution in [3.63, 3.8) is 0 Å². The van der Waals surface area contributed by atoms with Crippen LogP contribution in [0.15, 0.2) is 41.8 Å². The average molecular weight is 462 g/mol. The summed E-state index contributed by atoms with van der Waals surface area (Å²) in [5, 5.41) is 5.11. The highest BCUT2D eigenvalue weighted by Crippen LogP contribution is 2.28. The minimum absolute atomic E-state index is 0.00875. The normalized spacial score (nSPS) is 20.4. The molecule has 1 aromatic heterocycles. The number of sulfonamides is 1. The molecule has 2 aromatic rings. The van der Waals surface area contributed by atoms with Crippen LogP contribution in [0.25, 0.3) is 0 Å². The van der Waals surface area contributed by atoms with E-state index in [2.05, 4.69) is 21.7 Å². The first-order valence-electron chi connectivity index (χ1n) is 10.7. The maximum atomic E-state index is 12.8. The van der Waals surface area contributed by atoms with Crippen molar-refractivity contribution in [2.45, 2.75) is 38.1 Å². The Hall–Kier alpha value is -2.23. The van der Waals surface area contributed by atoms with Gasteiger partial charge >= 0.3 is 0 Å². The minimum atomic E-state index is -3.61. The number of thiophene rings is 1. The molecule has 1 aromatic carbocycles. The number of rotatable bonds is 6. The SMILES string of the molecule is O=C(NC[C@@H](c1cccs1)N1CCCCCC1)c1ccc(N2C(=O)CCS2(=O)=O)cc1. The standard InChI is InChI=1S/C22H27N3O4S2/c26-21-11-15-31(28,29)25(21)18-9-7-17(8-10-18)22(27)23-16-19(20-6-5-14-30-20)24-12-3-1-2-4-13-24/h5-10,14,19H,1-4,11-13,15-16H2,(H,23,27)/t19-/m0/s1. The highest BCUT2D eigenvalue weighted by molar-refractivity contribution is 7.94. The number of hydrogen-bond donors (Lipinski definition) is 1. The van der Waals surface area contributed by atoms with Crippen LogP contribution in [-0.4, -0.2) is 50.5 Å². The monoisotopic (exact) mass is 461 g/mol. The second-order valence-corrected chi connectivity index (χ2v) is 10.9. The number of carbonyl (C=O) groups excluding carboxylic acids is 2. The Kier molecular flexibility index (Phi) is 6.74. The van der Waals surface area contributed by atoms with Crippen LogP contribution < -0.4 is 9.62 Å². The average Bonchev–Trinajstić information content (AvgIpc) is 3.28. The largest absolute Gasteiger partial charge is 0.350 e. The van der Waals surface area contributed by atoms with Gasteiger partial charge in [0.2, 0.25) is 15.9 Å². The Morgan fingerprint density at radius 1 is 1.06 bits per heavy atom. The molecular formula is C22H27N3O4S2. The van der Waals surface area contributed by atoms with Crippen molar-refractivity contribution < 1.29 is 18.0 Å². The molecule has 2 aliphatic rings. The molecule has 0 saturated carbocycles. The molecule has 166 valence electrons. The van der Waals surface area contributed by atoms with E-state index in [1.54, 1.807) is 23.5 Å². The van der Waals surface area contributed by atoms with Crippen molar-refractivity contribution in [2.24, 2.45) is 0 Å². The van der Waals surface area contributed by atoms with E-state index in [1.165, 1.54) is 42.7 Å². The number of benzene rings is 1. The van der Waals surface area contributed by atoms with E-state index in [0.717, 1.165) is 17.4 Å². The smallest absolute Gasteiger partial charge is 0.251 e. The number of nitrogens with one attached hydrogen (secondary N) is 1. The summed E-state index contributed by atoms with van der Waals surface area (Å²) in [7, 11) is -3.61. The van der Waals surface area contributed by atoms with Crippen molar-refractivity contribution in [3.05, 3.63) is 52.2 Å². The van der Waals surface area contributed by atoms with E-state index < -0.39 is 15.9 Å². The Bertz CT molecular complexity index is 1010. The zero-order chi connectivity index (χ0) is 21.8. The third kappa shape index (κ3) is 4.99. The first-order chi connectivity index (χ1) is 15.0. The van der Waals surface area contributed by atoms with Crippen LogP contribution in [0.4, 0.5) is 5.69 Å². The highest BCUT2D eigenvalue weighted by Gasteiger charge is 2.36. The molecule has 9 heteroatoms. The molecule has 7 nitrogen and oxygen atoms in total. The zero-order valence-electron chi connectivity index (χ0n) is 17.3. The van der Waals surface area contributed by atoms with E-state index >= 15 is 0 Å². The van der Waals surface area contributed by atoms with Gasteiger partial charge in [-0.2, -0.15) is 0 Å². The van der Waals surface area contributed by atoms with Gasteiger partial charge in [-0.05, 0) is 61.6 Å². The van der Waals surface area contributed by atoms with E-state index in [-0.39, 0.29) is 29.8 Å². The van der Waals surface area contributed by atoms with E-state index in [0.29, 0.717) is 12.1 Å². The van der Waals surface area contributed by atoms with Gasteiger partial charge in [0.1, 0.15) is 0 Å². The maximum absolute atomic E-state index is 12.8. The number of hydrogen-bond acceptors (Lipinski definition) is 6. The number of anilines is 1. The van der Waals surface area contributed by atoms with Crippen molar-refractivity contribution in [1.82, 2.24) is 10.2 Å². The Morgan fingerprint density at radius 2 is 1.77 bits per heavy atom. The molecule has 0 unspecified atom stereocenters. The Balaban J connectivity index is 1.44. The molecule has 2 fully saturated rings. The molecular weight excluding hydrogens is 434 g/mol. The van der Waals surface area contributed by atoms with Crippen LogP contribution in [-0.2, 0) is 14.8 Å². The number of nitrogens with zero attached hydrogens (tertiary/aromatic N) is 2. The van der Waals surface area contributed by atoms with Crippen LogP contribution >= 0.6 is 11.3 Å². The van der Waals surface area contributed by atoms with Crippen molar-refractivity contribution in [1.29, 1.82) is 0 Å². The summed E-state index contributed by atoms with van der Waals surface area (Å²) in [5.41, 5.74) is 0.716. The number of amides is 2. The van der Waals surface area contributed by atoms with Crippen molar-refractivity contribution in [3.8, 4) is 0 Å². The maximum Gasteiger partial charge on any atom is 0.251 e. The highest BCUT2D eigenvalue weighted by atomic mass is 32.2. The molecule has 1 N–H and O–H groups in total. The van der Waals surface area contributed by atoms with E-state index in [1.807, 2.05) is 6.07 Å². The fraction of sp³-hybridized carbons (Fsp3) is 0.455. The summed E-state index contributed by atoms with van der Waals surface area (Å²) in [5.74, 6) is -0.818. The Labute approximate surface area is 187 Å². The van der Waals surface area contributed by atoms with Crippen molar-refractivity contribution in [2.75, 3.05) is 29.7 Å². The molecule has 4 rings (SSSR count). The quantitative estimate of drug-likeness (QED) is 0.714. The zero-order valence-corrected chi connectivity index (χ0v) is 19.0. The number of likely N-dealkylation sites (tertiary alicyclic amines) is 1. The summed E-state index contributed by atoms with van der Waals surface area (Å²) in [6.07, 6.45) is 4.85. The van der Waals surface area contributed by atoms with Gasteiger partial charge in [-0.15, -0.1) is 11.3 Å². The van der Waals surface area contributed by atoms with Gasteiger partial charge in [-0.1, -0.05) is 18.9 Å². The molecule has 31 heavy (non-hydrogen) atoms. The van der Waals surface area contributed by atoms with Crippen LogP contribution in [0, 0.1) is 0 Å². The van der Waals surface area contributed by atoms with Gasteiger partial charge in [0, 0.05) is 23.4 Å². The van der Waals surface area contributed by atoms with E-state index in [9.17, 15) is 18.0 Å². The molecule has 0 bridgehead atoms. The van der Waals surface area contributed by atoms with Gasteiger partial charge < -0.3 is 5.32 Å². The van der Waals surface area contributed by atoms with Crippen LogP contribution in [0.2, 0.25) is 0 Å². The van der Waals surface area contributed by atoms with Gasteiger partial charge in [0.15, 0.2) is 0 Å². The summed E-state index contributed by atoms with van der Waals surface area (Å²) in [6.45, 7) is 2.58. The molecule has 0 radical (unpaired) electrons. The van der Waals surface area contributed by atoms with Gasteiger partial charge in [-0.3, -0.25) is 14.5 Å². The lowest BCUT2D eigenvalue weighted by Crippen LogP contribution is -2.38. The van der Waals surface area contributed by atoms with E-state index in [4.69, 9.17) is 0 Å². The minimum Gasteiger partial charge on any atom is -0.350 e. The molecule has 2 aliphatic heterocycles. The molecule has 0 spiro atoms. The summed E-state index contributed by atoms with van der Waals surface area (Å²) in [4.78, 5) is 28.4. The van der Waals surface area contributed by atoms with Crippen LogP contribution in [0.3, 0.4) is 0 Å². The van der Waals surface area contributed by atoms with Gasteiger partial charge in [0.05, 0.1) is 17.5 Å². The van der Waals surface area contributed by atoms with Gasteiger partial charge in [-0.25, -0.2) is 12.7 Å². The summed E-state index contributed by atoms with van der Waals surface area (Å²) in [6, 6.07) is 10.5. The second-order valence-electron chi connectivity index (χ2n) is 7.96. The lowest BCUT2D eigenvalue weighted by Gasteiger charge is -2.30. The fourth-order valence-corrected chi connectivity index (χ4v) is 6.53. The van der Waals surface area contributed by atoms with Crippen LogP contribution in [0.5, 0.6) is 0 Å². The third-order valence-corrected chi connectivity index (χ3v) is 8.52. The molecule has 3 heterocycles. The number of carbonyl (C=O) groups is 2. The molecule has 2 amide bonds. The topological polar surface area (TPSA) is 86.8 Å². The van der Waals surface area contributed by atoms with Crippen LogP contribution in [0.1, 0.15) is 53.4 Å². The second kappa shape index (κ2) is 9.50. The first-order valence-corrected chi connectivity index (χ1v) is 13.2. The first kappa shape index (κ1) is 22.0. The molecule has 2 saturated heterocycles. The molecule has 1 atom stereocenters. The fourth-order valence-electron chi connectivity index (χ4n) is 4.21. The predicted octanol–water partition coefficient (Wildman–Crippen LogP) is 3.16. The third-order valence-electron chi connectivity index (χ3n) is 5.85. The lowest BCUT2D eigenvalue weighted by atomic mass is 10.1.